The van der Waals surface area contributed by atoms with Crippen LogP contribution in [-0.2, 0) is 33.3 Å². The number of fused-ring (bicyclic) bond motifs is 5. The molecule has 0 aromatic heterocycles. The second kappa shape index (κ2) is 9.30. The number of methoxy groups -OCH3 is 1. The second-order valence-corrected chi connectivity index (χ2v) is 12.2. The summed E-state index contributed by atoms with van der Waals surface area (Å²) in [5.41, 5.74) is -6.34. The second-order valence-electron chi connectivity index (χ2n) is 12.2. The first kappa shape index (κ1) is 28.6. The zero-order valence-electron chi connectivity index (χ0n) is 23.6. The molecule has 2 N–H and O–H groups in total. The first-order valence-corrected chi connectivity index (χ1v) is 13.5. The monoisotopic (exact) mass is 556 g/mol. The van der Waals surface area contributed by atoms with Crippen molar-refractivity contribution in [3.63, 3.8) is 0 Å². The van der Waals surface area contributed by atoms with Crippen LogP contribution in [0.2, 0.25) is 0 Å². The molecule has 0 amide bonds. The van der Waals surface area contributed by atoms with Crippen LogP contribution in [0.5, 0.6) is 0 Å². The van der Waals surface area contributed by atoms with E-state index >= 15 is 0 Å². The van der Waals surface area contributed by atoms with Gasteiger partial charge in [-0.1, -0.05) is 39.0 Å². The molecule has 1 aromatic carbocycles. The van der Waals surface area contributed by atoms with Crippen LogP contribution >= 0.6 is 0 Å². The van der Waals surface area contributed by atoms with Crippen molar-refractivity contribution >= 4 is 23.5 Å². The number of hydrogen-bond donors (Lipinski definition) is 2. The van der Waals surface area contributed by atoms with Gasteiger partial charge < -0.3 is 29.2 Å². The quantitative estimate of drug-likeness (QED) is 0.528. The fourth-order valence-electron chi connectivity index (χ4n) is 7.83. The molecule has 2 bridgehead atoms. The van der Waals surface area contributed by atoms with Gasteiger partial charge in [-0.05, 0) is 43.0 Å². The predicted molar refractivity (Wildman–Crippen MR) is 139 cm³/mol. The van der Waals surface area contributed by atoms with E-state index in [0.29, 0.717) is 6.42 Å². The Bertz CT molecular complexity index is 1300. The zero-order valence-corrected chi connectivity index (χ0v) is 23.6. The van der Waals surface area contributed by atoms with E-state index in [-0.39, 0.29) is 29.7 Å². The first-order valence-electron chi connectivity index (χ1n) is 13.5. The smallest absolute Gasteiger partial charge is 0.338 e. The number of carbonyl (C=O) groups excluding carboxylic acids is 4. The van der Waals surface area contributed by atoms with Crippen LogP contribution in [0.15, 0.2) is 41.5 Å². The molecular formula is C30H36O10. The topological polar surface area (TPSA) is 146 Å². The Morgan fingerprint density at radius 3 is 2.30 bits per heavy atom. The number of carbonyl (C=O) groups is 4. The Morgan fingerprint density at radius 1 is 1.10 bits per heavy atom. The van der Waals surface area contributed by atoms with Crippen LogP contribution < -0.4 is 0 Å². The molecule has 1 aromatic rings. The molecule has 0 radical (unpaired) electrons. The van der Waals surface area contributed by atoms with E-state index in [0.717, 1.165) is 0 Å². The third-order valence-corrected chi connectivity index (χ3v) is 9.92. The third-order valence-electron chi connectivity index (χ3n) is 9.92. The minimum absolute atomic E-state index is 0.105. The number of benzene rings is 1. The van der Waals surface area contributed by atoms with Gasteiger partial charge in [-0.15, -0.1) is 0 Å². The molecule has 1 heterocycles. The molecule has 10 heteroatoms. The molecular weight excluding hydrogens is 520 g/mol. The summed E-state index contributed by atoms with van der Waals surface area (Å²) in [6, 6.07) is 8.07. The van der Waals surface area contributed by atoms with Crippen LogP contribution in [0.3, 0.4) is 0 Å². The van der Waals surface area contributed by atoms with Gasteiger partial charge in [-0.3, -0.25) is 14.4 Å². The lowest BCUT2D eigenvalue weighted by Crippen LogP contribution is -2.81. The number of ether oxygens (including phenoxy) is 4. The summed E-state index contributed by atoms with van der Waals surface area (Å²) in [7, 11) is 1.35. The number of hydrogen-bond acceptors (Lipinski definition) is 10. The predicted octanol–water partition coefficient (Wildman–Crippen LogP) is 1.94. The molecule has 0 unspecified atom stereocenters. The standard InChI is InChI=1S/C30H36O10/c1-15-19-21(37-6)24(34)28(5)13-12-18-29(14-38-18,40-16(2)31)22(28)25(39-26(35)17-10-8-7-9-11-17)30(36,27(19,3)4)23(33)20(15)32/h7-11,18,21-23,25,33,36H,12-14H2,1-6H3/t18-,21-,22+,23+,25+,28-,29+,30-/m1/s1. The summed E-state index contributed by atoms with van der Waals surface area (Å²) >= 11 is 0. The molecule has 216 valence electrons. The lowest BCUT2D eigenvalue weighted by molar-refractivity contribution is -0.335. The largest absolute Gasteiger partial charge is 0.455 e. The first-order chi connectivity index (χ1) is 18.7. The Morgan fingerprint density at radius 2 is 1.75 bits per heavy atom. The molecule has 1 saturated heterocycles. The average Bonchev–Trinajstić information content (AvgIpc) is 2.90. The van der Waals surface area contributed by atoms with Gasteiger partial charge in [-0.2, -0.15) is 0 Å². The number of ketones is 2. The van der Waals surface area contributed by atoms with Gasteiger partial charge in [0, 0.05) is 24.9 Å². The van der Waals surface area contributed by atoms with E-state index in [1.165, 1.54) is 33.1 Å². The lowest BCUT2D eigenvalue weighted by atomic mass is 9.45. The number of esters is 2. The highest BCUT2D eigenvalue weighted by atomic mass is 16.6. The Hall–Kier alpha value is -2.92. The van der Waals surface area contributed by atoms with E-state index < -0.39 is 75.9 Å². The molecule has 0 spiro atoms. The van der Waals surface area contributed by atoms with Gasteiger partial charge in [0.2, 0.25) is 0 Å². The van der Waals surface area contributed by atoms with E-state index in [4.69, 9.17) is 18.9 Å². The Labute approximate surface area is 232 Å². The van der Waals surface area contributed by atoms with Crippen LogP contribution in [-0.4, -0.2) is 83.1 Å². The van der Waals surface area contributed by atoms with Crippen molar-refractivity contribution in [2.24, 2.45) is 16.7 Å². The molecule has 10 nitrogen and oxygen atoms in total. The fraction of sp³-hybridized carbons (Fsp3) is 0.600. The van der Waals surface area contributed by atoms with Gasteiger partial charge >= 0.3 is 11.9 Å². The molecule has 3 fully saturated rings. The van der Waals surface area contributed by atoms with Crippen LogP contribution in [0, 0.1) is 16.7 Å². The summed E-state index contributed by atoms with van der Waals surface area (Å²) in [6.07, 6.45) is -5.01. The molecule has 2 saturated carbocycles. The van der Waals surface area contributed by atoms with Crippen molar-refractivity contribution in [3.8, 4) is 0 Å². The molecule has 40 heavy (non-hydrogen) atoms. The van der Waals surface area contributed by atoms with E-state index in [2.05, 4.69) is 0 Å². The fourth-order valence-corrected chi connectivity index (χ4v) is 7.83. The van der Waals surface area contributed by atoms with Gasteiger partial charge in [-0.25, -0.2) is 4.79 Å². The van der Waals surface area contributed by atoms with Crippen molar-refractivity contribution in [2.45, 2.75) is 83.1 Å². The summed E-state index contributed by atoms with van der Waals surface area (Å²) in [5, 5.41) is 24.3. The van der Waals surface area contributed by atoms with Crippen molar-refractivity contribution in [3.05, 3.63) is 47.0 Å². The van der Waals surface area contributed by atoms with Gasteiger partial charge in [0.25, 0.3) is 0 Å². The molecule has 4 aliphatic rings. The highest BCUT2D eigenvalue weighted by molar-refractivity contribution is 6.04. The molecule has 3 aliphatic carbocycles. The van der Waals surface area contributed by atoms with Crippen molar-refractivity contribution in [2.75, 3.05) is 13.7 Å². The zero-order chi connectivity index (χ0) is 29.4. The van der Waals surface area contributed by atoms with Crippen LogP contribution in [0.25, 0.3) is 0 Å². The minimum Gasteiger partial charge on any atom is -0.455 e. The summed E-state index contributed by atoms with van der Waals surface area (Å²) < 4.78 is 23.6. The highest BCUT2D eigenvalue weighted by Crippen LogP contribution is 2.63. The van der Waals surface area contributed by atoms with Crippen molar-refractivity contribution in [1.29, 1.82) is 0 Å². The maximum atomic E-state index is 14.6. The third kappa shape index (κ3) is 3.55. The number of rotatable bonds is 4. The maximum Gasteiger partial charge on any atom is 0.338 e. The summed E-state index contributed by atoms with van der Waals surface area (Å²) in [6.45, 7) is 7.45. The molecule has 8 atom stereocenters. The van der Waals surface area contributed by atoms with E-state index in [9.17, 15) is 29.4 Å². The van der Waals surface area contributed by atoms with Crippen LogP contribution in [0.1, 0.15) is 57.8 Å². The highest BCUT2D eigenvalue weighted by Gasteiger charge is 2.77. The number of Topliss-reactive ketones (excluding diaryl/α,β-unsaturated/α-hetero) is 2. The lowest BCUT2D eigenvalue weighted by Gasteiger charge is -2.66. The summed E-state index contributed by atoms with van der Waals surface area (Å²) in [5.74, 6) is -3.88. The average molecular weight is 557 g/mol. The van der Waals surface area contributed by atoms with Crippen LogP contribution in [0.4, 0.5) is 0 Å². The van der Waals surface area contributed by atoms with E-state index in [1.54, 1.807) is 39.0 Å². The van der Waals surface area contributed by atoms with Gasteiger partial charge in [0.15, 0.2) is 17.2 Å². The molecule has 5 rings (SSSR count). The normalized spacial score (nSPS) is 40.1. The van der Waals surface area contributed by atoms with Crippen molar-refractivity contribution < 1.29 is 48.3 Å². The summed E-state index contributed by atoms with van der Waals surface area (Å²) in [4.78, 5) is 54.2. The van der Waals surface area contributed by atoms with Gasteiger partial charge in [0.1, 0.15) is 30.0 Å². The van der Waals surface area contributed by atoms with E-state index in [1.807, 2.05) is 0 Å². The number of aliphatic hydroxyl groups is 2. The Balaban J connectivity index is 1.84. The van der Waals surface area contributed by atoms with Gasteiger partial charge in [0.05, 0.1) is 18.1 Å². The SMILES string of the molecule is CO[C@H]1C(=O)[C@]2(C)CC[C@H]3OC[C@@]3(OC(C)=O)[C@H]2[C@H](OC(=O)c2ccccc2)[C@]2(O)[C@@H](O)C(=O)C(C)=C1C2(C)C. The molecule has 1 aliphatic heterocycles. The number of aliphatic hydroxyl groups excluding tert-OH is 1. The minimum atomic E-state index is -2.45. The van der Waals surface area contributed by atoms with Crippen molar-refractivity contribution in [1.82, 2.24) is 0 Å². The Kier molecular flexibility index (Phi) is 6.65. The maximum absolute atomic E-state index is 14.6.